The van der Waals surface area contributed by atoms with Crippen LogP contribution in [0.3, 0.4) is 0 Å². The summed E-state index contributed by atoms with van der Waals surface area (Å²) in [6, 6.07) is 2.98. The molecule has 0 amide bonds. The molecule has 0 fully saturated rings. The van der Waals surface area contributed by atoms with Crippen molar-refractivity contribution in [2.75, 3.05) is 0 Å². The minimum atomic E-state index is -1.05. The van der Waals surface area contributed by atoms with Gasteiger partial charge in [0.25, 0.3) is 0 Å². The number of rotatable bonds is 2. The van der Waals surface area contributed by atoms with Crippen molar-refractivity contribution in [1.29, 1.82) is 0 Å². The largest absolute Gasteiger partial charge is 0.411 e. The lowest BCUT2D eigenvalue weighted by atomic mass is 10.1. The average molecular weight is 201 g/mol. The molecule has 1 aromatic carbocycles. The van der Waals surface area contributed by atoms with E-state index in [1.165, 1.54) is 13.0 Å². The molecule has 14 heavy (non-hydrogen) atoms. The molecule has 0 saturated carbocycles. The van der Waals surface area contributed by atoms with E-state index < -0.39 is 17.7 Å². The van der Waals surface area contributed by atoms with Crippen molar-refractivity contribution in [3.05, 3.63) is 35.4 Å². The molecule has 1 atom stereocenters. The summed E-state index contributed by atoms with van der Waals surface area (Å²) in [6.07, 6.45) is -1.05. The summed E-state index contributed by atoms with van der Waals surface area (Å²) in [5.41, 5.74) is 0.0327. The first kappa shape index (κ1) is 10.6. The molecule has 0 aliphatic carbocycles. The second kappa shape index (κ2) is 4.15. The SMILES string of the molecule is CC(O)C(=NO)c1ccc(F)c(F)c1. The fraction of sp³-hybridized carbons (Fsp3) is 0.222. The third kappa shape index (κ3) is 2.05. The Hall–Kier alpha value is -1.49. The zero-order chi connectivity index (χ0) is 10.7. The predicted octanol–water partition coefficient (Wildman–Crippen LogP) is 1.52. The molecule has 0 heterocycles. The van der Waals surface area contributed by atoms with E-state index in [0.29, 0.717) is 0 Å². The van der Waals surface area contributed by atoms with Gasteiger partial charge in [0, 0.05) is 5.56 Å². The number of aliphatic hydroxyl groups is 1. The van der Waals surface area contributed by atoms with Crippen LogP contribution in [0.1, 0.15) is 12.5 Å². The Bertz CT molecular complexity index is 364. The highest BCUT2D eigenvalue weighted by Gasteiger charge is 2.12. The maximum atomic E-state index is 12.7. The Morgan fingerprint density at radius 2 is 2.00 bits per heavy atom. The summed E-state index contributed by atoms with van der Waals surface area (Å²) >= 11 is 0. The first-order valence-electron chi connectivity index (χ1n) is 3.91. The quantitative estimate of drug-likeness (QED) is 0.433. The van der Waals surface area contributed by atoms with E-state index in [1.807, 2.05) is 0 Å². The van der Waals surface area contributed by atoms with Gasteiger partial charge in [0.1, 0.15) is 5.71 Å². The van der Waals surface area contributed by atoms with Gasteiger partial charge in [-0.1, -0.05) is 5.16 Å². The fourth-order valence-corrected chi connectivity index (χ4v) is 1.04. The molecule has 0 aliphatic rings. The van der Waals surface area contributed by atoms with Gasteiger partial charge in [-0.15, -0.1) is 0 Å². The van der Waals surface area contributed by atoms with Crippen LogP contribution in [-0.2, 0) is 0 Å². The van der Waals surface area contributed by atoms with Crippen LogP contribution in [0.15, 0.2) is 23.4 Å². The van der Waals surface area contributed by atoms with E-state index in [1.54, 1.807) is 0 Å². The molecular formula is C9H9F2NO2. The van der Waals surface area contributed by atoms with Gasteiger partial charge in [-0.25, -0.2) is 8.78 Å². The molecule has 1 aromatic rings. The minimum absolute atomic E-state index is 0.107. The van der Waals surface area contributed by atoms with Crippen LogP contribution in [-0.4, -0.2) is 22.1 Å². The molecule has 2 N–H and O–H groups in total. The number of aliphatic hydroxyl groups excluding tert-OH is 1. The molecule has 0 aromatic heterocycles. The lowest BCUT2D eigenvalue weighted by Gasteiger charge is -2.07. The van der Waals surface area contributed by atoms with E-state index in [-0.39, 0.29) is 11.3 Å². The Morgan fingerprint density at radius 3 is 2.43 bits per heavy atom. The maximum Gasteiger partial charge on any atom is 0.159 e. The highest BCUT2D eigenvalue weighted by molar-refractivity contribution is 6.03. The van der Waals surface area contributed by atoms with Gasteiger partial charge in [0.2, 0.25) is 0 Å². The Balaban J connectivity index is 3.13. The molecule has 1 rings (SSSR count). The second-order valence-corrected chi connectivity index (χ2v) is 2.79. The van der Waals surface area contributed by atoms with Crippen LogP contribution in [0, 0.1) is 11.6 Å². The molecule has 1 unspecified atom stereocenters. The summed E-state index contributed by atoms with van der Waals surface area (Å²) in [6.45, 7) is 1.36. The van der Waals surface area contributed by atoms with Gasteiger partial charge < -0.3 is 10.3 Å². The van der Waals surface area contributed by atoms with Crippen molar-refractivity contribution >= 4 is 5.71 Å². The van der Waals surface area contributed by atoms with Crippen LogP contribution >= 0.6 is 0 Å². The van der Waals surface area contributed by atoms with E-state index in [9.17, 15) is 8.78 Å². The van der Waals surface area contributed by atoms with Crippen LogP contribution in [0.25, 0.3) is 0 Å². The third-order valence-electron chi connectivity index (χ3n) is 1.72. The van der Waals surface area contributed by atoms with Gasteiger partial charge in [-0.3, -0.25) is 0 Å². The van der Waals surface area contributed by atoms with Crippen molar-refractivity contribution in [3.8, 4) is 0 Å². The lowest BCUT2D eigenvalue weighted by Crippen LogP contribution is -2.17. The number of nitrogens with zero attached hydrogens (tertiary/aromatic N) is 1. The van der Waals surface area contributed by atoms with Gasteiger partial charge in [0.05, 0.1) is 6.10 Å². The monoisotopic (exact) mass is 201 g/mol. The van der Waals surface area contributed by atoms with E-state index in [2.05, 4.69) is 5.16 Å². The molecule has 0 radical (unpaired) electrons. The lowest BCUT2D eigenvalue weighted by molar-refractivity contribution is 0.248. The van der Waals surface area contributed by atoms with Crippen molar-refractivity contribution < 1.29 is 19.1 Å². The van der Waals surface area contributed by atoms with Crippen LogP contribution in [0.5, 0.6) is 0 Å². The van der Waals surface area contributed by atoms with Gasteiger partial charge in [-0.2, -0.15) is 0 Å². The molecule has 0 saturated heterocycles. The molecule has 76 valence electrons. The summed E-state index contributed by atoms with van der Waals surface area (Å²) < 4.78 is 25.3. The molecular weight excluding hydrogens is 192 g/mol. The number of benzene rings is 1. The Morgan fingerprint density at radius 1 is 1.36 bits per heavy atom. The highest BCUT2D eigenvalue weighted by Crippen LogP contribution is 2.11. The Labute approximate surface area is 79.3 Å². The number of hydrogen-bond acceptors (Lipinski definition) is 3. The van der Waals surface area contributed by atoms with Crippen molar-refractivity contribution in [1.82, 2.24) is 0 Å². The van der Waals surface area contributed by atoms with Crippen molar-refractivity contribution in [2.45, 2.75) is 13.0 Å². The summed E-state index contributed by atoms with van der Waals surface area (Å²) in [4.78, 5) is 0. The standard InChI is InChI=1S/C9H9F2NO2/c1-5(13)9(12-14)6-2-3-7(10)8(11)4-6/h2-5,13-14H,1H3. The topological polar surface area (TPSA) is 52.8 Å². The first-order chi connectivity index (χ1) is 6.56. The van der Waals surface area contributed by atoms with Gasteiger partial charge in [0.15, 0.2) is 11.6 Å². The highest BCUT2D eigenvalue weighted by atomic mass is 19.2. The van der Waals surface area contributed by atoms with Gasteiger partial charge >= 0.3 is 0 Å². The van der Waals surface area contributed by atoms with Crippen LogP contribution in [0.2, 0.25) is 0 Å². The average Bonchev–Trinajstić information content (AvgIpc) is 2.11. The second-order valence-electron chi connectivity index (χ2n) is 2.79. The predicted molar refractivity (Wildman–Crippen MR) is 46.4 cm³/mol. The zero-order valence-electron chi connectivity index (χ0n) is 7.41. The first-order valence-corrected chi connectivity index (χ1v) is 3.91. The minimum Gasteiger partial charge on any atom is -0.411 e. The number of halogens is 2. The molecule has 0 spiro atoms. The maximum absolute atomic E-state index is 12.7. The van der Waals surface area contributed by atoms with Crippen LogP contribution in [0.4, 0.5) is 8.78 Å². The van der Waals surface area contributed by atoms with E-state index in [4.69, 9.17) is 10.3 Å². The molecule has 0 aliphatic heterocycles. The fourth-order valence-electron chi connectivity index (χ4n) is 1.04. The molecule has 5 heteroatoms. The molecule has 0 bridgehead atoms. The zero-order valence-corrected chi connectivity index (χ0v) is 7.41. The van der Waals surface area contributed by atoms with Gasteiger partial charge in [-0.05, 0) is 25.1 Å². The molecule has 3 nitrogen and oxygen atoms in total. The summed E-state index contributed by atoms with van der Waals surface area (Å²) in [5.74, 6) is -2.04. The smallest absolute Gasteiger partial charge is 0.159 e. The number of oxime groups is 1. The summed E-state index contributed by atoms with van der Waals surface area (Å²) in [5, 5.41) is 20.4. The number of hydrogen-bond donors (Lipinski definition) is 2. The Kier molecular flexibility index (Phi) is 3.14. The summed E-state index contributed by atoms with van der Waals surface area (Å²) in [7, 11) is 0. The normalized spacial score (nSPS) is 14.1. The van der Waals surface area contributed by atoms with Crippen LogP contribution < -0.4 is 0 Å². The van der Waals surface area contributed by atoms with Crippen molar-refractivity contribution in [3.63, 3.8) is 0 Å². The third-order valence-corrected chi connectivity index (χ3v) is 1.72. The van der Waals surface area contributed by atoms with E-state index in [0.717, 1.165) is 12.1 Å². The van der Waals surface area contributed by atoms with Crippen molar-refractivity contribution in [2.24, 2.45) is 5.16 Å². The van der Waals surface area contributed by atoms with E-state index >= 15 is 0 Å².